The molecule has 3 unspecified atom stereocenters. The van der Waals surface area contributed by atoms with Gasteiger partial charge in [0.1, 0.15) is 17.5 Å². The molecule has 3 atom stereocenters. The molecule has 9 rings (SSSR count). The number of hydrogen-bond acceptors (Lipinski definition) is 11. The predicted molar refractivity (Wildman–Crippen MR) is 226 cm³/mol. The summed E-state index contributed by atoms with van der Waals surface area (Å²) in [6.45, 7) is 6.33. The minimum absolute atomic E-state index is 0.0940. The highest BCUT2D eigenvalue weighted by molar-refractivity contribution is 6.23. The second-order valence-electron chi connectivity index (χ2n) is 17.4. The van der Waals surface area contributed by atoms with Gasteiger partial charge in [-0.15, -0.1) is 0 Å². The molecule has 6 amide bonds. The van der Waals surface area contributed by atoms with Gasteiger partial charge in [-0.05, 0) is 106 Å². The fourth-order valence-corrected chi connectivity index (χ4v) is 10.7. The normalized spacial score (nSPS) is 23.1. The molecule has 322 valence electrons. The minimum atomic E-state index is -0.972. The number of aryl methyl sites for hydroxylation is 1. The Bertz CT molecular complexity index is 2350. The third kappa shape index (κ3) is 7.32. The van der Waals surface area contributed by atoms with Crippen LogP contribution in [0, 0.1) is 5.92 Å². The molecule has 0 saturated carbocycles. The summed E-state index contributed by atoms with van der Waals surface area (Å²) in [6, 6.07) is 9.12. The van der Waals surface area contributed by atoms with Crippen LogP contribution in [-0.4, -0.2) is 132 Å². The van der Waals surface area contributed by atoms with Crippen molar-refractivity contribution >= 4 is 35.3 Å². The van der Waals surface area contributed by atoms with E-state index in [9.17, 15) is 28.8 Å². The monoisotopic (exact) mass is 834 g/mol. The molecule has 1 aromatic heterocycles. The lowest BCUT2D eigenvalue weighted by Crippen LogP contribution is -2.54. The maximum absolute atomic E-state index is 13.4. The predicted octanol–water partition coefficient (Wildman–Crippen LogP) is 2.73. The quantitative estimate of drug-likeness (QED) is 0.289. The Labute approximate surface area is 354 Å². The first-order valence-corrected chi connectivity index (χ1v) is 21.5. The number of nitrogens with zero attached hydrogens (tertiary/aromatic N) is 6. The van der Waals surface area contributed by atoms with Gasteiger partial charge in [0.2, 0.25) is 11.8 Å². The molecule has 0 radical (unpaired) electrons. The second kappa shape index (κ2) is 16.3. The Morgan fingerprint density at radius 1 is 0.852 bits per heavy atom. The first-order valence-electron chi connectivity index (χ1n) is 21.5. The molecule has 16 nitrogen and oxygen atoms in total. The van der Waals surface area contributed by atoms with Crippen LogP contribution in [0.1, 0.15) is 75.9 Å². The summed E-state index contributed by atoms with van der Waals surface area (Å²) in [4.78, 5) is 86.6. The molecule has 0 aliphatic carbocycles. The van der Waals surface area contributed by atoms with Crippen molar-refractivity contribution in [3.8, 4) is 22.6 Å². The summed E-state index contributed by atoms with van der Waals surface area (Å²) >= 11 is 0. The number of hydrogen-bond donors (Lipinski definition) is 2. The van der Waals surface area contributed by atoms with Gasteiger partial charge < -0.3 is 29.2 Å². The number of piperazine rings is 1. The van der Waals surface area contributed by atoms with Crippen molar-refractivity contribution in [1.29, 1.82) is 0 Å². The number of amides is 6. The van der Waals surface area contributed by atoms with Crippen LogP contribution in [-0.2, 0) is 36.1 Å². The van der Waals surface area contributed by atoms with E-state index in [0.29, 0.717) is 54.2 Å². The number of piperidine rings is 2. The molecule has 6 aliphatic rings. The van der Waals surface area contributed by atoms with E-state index in [1.807, 2.05) is 30.5 Å². The van der Waals surface area contributed by atoms with Gasteiger partial charge in [-0.2, -0.15) is 0 Å². The summed E-state index contributed by atoms with van der Waals surface area (Å²) in [7, 11) is 6.71. The van der Waals surface area contributed by atoms with Crippen molar-refractivity contribution in [1.82, 2.24) is 34.8 Å². The van der Waals surface area contributed by atoms with E-state index in [1.54, 1.807) is 43.8 Å². The van der Waals surface area contributed by atoms with Crippen molar-refractivity contribution in [2.75, 3.05) is 65.4 Å². The van der Waals surface area contributed by atoms with Crippen molar-refractivity contribution in [3.63, 3.8) is 0 Å². The number of carbonyl (C=O) groups excluding carboxylic acids is 5. The third-order valence-electron chi connectivity index (χ3n) is 14.0. The zero-order chi connectivity index (χ0) is 42.7. The smallest absolute Gasteiger partial charge is 0.317 e. The van der Waals surface area contributed by atoms with Gasteiger partial charge in [0, 0.05) is 81.8 Å². The van der Waals surface area contributed by atoms with Gasteiger partial charge in [-0.1, -0.05) is 0 Å². The highest BCUT2D eigenvalue weighted by atomic mass is 16.5. The molecule has 2 aromatic carbocycles. The van der Waals surface area contributed by atoms with Gasteiger partial charge >= 0.3 is 6.03 Å². The molecule has 2 N–H and O–H groups in total. The Hall–Kier alpha value is -5.74. The molecular weight excluding hydrogens is 781 g/mol. The summed E-state index contributed by atoms with van der Waals surface area (Å²) in [6.07, 6.45) is 7.13. The number of aromatic nitrogens is 1. The number of nitrogens with one attached hydrogen (secondary N) is 2. The number of rotatable bonds is 10. The number of methoxy groups -OCH3 is 2. The summed E-state index contributed by atoms with van der Waals surface area (Å²) < 4.78 is 13.6. The van der Waals surface area contributed by atoms with E-state index < -0.39 is 23.8 Å². The molecule has 61 heavy (non-hydrogen) atoms. The van der Waals surface area contributed by atoms with Gasteiger partial charge in [-0.3, -0.25) is 44.0 Å². The minimum Gasteiger partial charge on any atom is -0.496 e. The fourth-order valence-electron chi connectivity index (χ4n) is 10.7. The van der Waals surface area contributed by atoms with Crippen LogP contribution in [0.15, 0.2) is 41.3 Å². The highest BCUT2D eigenvalue weighted by Crippen LogP contribution is 2.40. The molecule has 3 aromatic rings. The molecule has 0 spiro atoms. The van der Waals surface area contributed by atoms with Crippen molar-refractivity contribution in [2.45, 2.75) is 76.2 Å². The number of carbonyl (C=O) groups is 5. The molecule has 4 fully saturated rings. The third-order valence-corrected chi connectivity index (χ3v) is 14.0. The van der Waals surface area contributed by atoms with E-state index in [2.05, 4.69) is 25.3 Å². The lowest BCUT2D eigenvalue weighted by molar-refractivity contribution is -0.136. The van der Waals surface area contributed by atoms with Crippen LogP contribution in [0.4, 0.5) is 10.5 Å². The van der Waals surface area contributed by atoms with E-state index in [-0.39, 0.29) is 36.9 Å². The van der Waals surface area contributed by atoms with Crippen molar-refractivity contribution < 1.29 is 33.4 Å². The topological polar surface area (TPSA) is 166 Å². The Kier molecular flexibility index (Phi) is 10.8. The Balaban J connectivity index is 0.792. The van der Waals surface area contributed by atoms with E-state index in [4.69, 9.17) is 9.47 Å². The molecule has 4 saturated heterocycles. The number of pyridine rings is 1. The van der Waals surface area contributed by atoms with Crippen molar-refractivity contribution in [2.24, 2.45) is 13.0 Å². The standard InChI is InChI=1S/C45H54N8O8/c1-46-45(59)51-16-12-31-34(23-48(2)42(56)35(31)25-51)27-17-38(60-3)36(39(18-27)61-4)24-49-13-9-26(10-14-49)11-15-50-21-30-19-29(50)22-52(30)28-5-6-32-33(20-28)44(58)53(43(32)57)37-7-8-40(54)47-41(37)55/h5-6,17-18,20,23,26,29-30,37H,7-16,19,21-22,24-25H2,1-4H3,(H,46,59)(H,47,54,55). The van der Waals surface area contributed by atoms with Crippen LogP contribution >= 0.6 is 0 Å². The summed E-state index contributed by atoms with van der Waals surface area (Å²) in [5, 5.41) is 4.93. The van der Waals surface area contributed by atoms with Crippen LogP contribution in [0.2, 0.25) is 0 Å². The second-order valence-corrected chi connectivity index (χ2v) is 17.4. The number of anilines is 1. The summed E-state index contributed by atoms with van der Waals surface area (Å²) in [5.74, 6) is 0.185. The lowest BCUT2D eigenvalue weighted by atomic mass is 9.91. The first kappa shape index (κ1) is 40.7. The van der Waals surface area contributed by atoms with Crippen LogP contribution in [0.3, 0.4) is 0 Å². The molecule has 16 heteroatoms. The molecule has 2 bridgehead atoms. The molecular formula is C45H54N8O8. The zero-order valence-electron chi connectivity index (χ0n) is 35.3. The maximum Gasteiger partial charge on any atom is 0.317 e. The number of ether oxygens (including phenoxy) is 2. The largest absolute Gasteiger partial charge is 0.496 e. The number of urea groups is 1. The number of imide groups is 2. The van der Waals surface area contributed by atoms with Crippen LogP contribution in [0.5, 0.6) is 11.5 Å². The van der Waals surface area contributed by atoms with Gasteiger partial charge in [0.05, 0.1) is 37.5 Å². The van der Waals surface area contributed by atoms with Gasteiger partial charge in [-0.25, -0.2) is 4.79 Å². The average molecular weight is 835 g/mol. The first-order chi connectivity index (χ1) is 29.5. The number of fused-ring (bicyclic) bond motifs is 4. The van der Waals surface area contributed by atoms with Gasteiger partial charge in [0.15, 0.2) is 0 Å². The van der Waals surface area contributed by atoms with Crippen molar-refractivity contribution in [3.05, 3.63) is 74.7 Å². The zero-order valence-corrected chi connectivity index (χ0v) is 35.3. The SMILES string of the molecule is CNC(=O)N1CCc2c(-c3cc(OC)c(CN4CCC(CCN5CC6CC5CN6c5ccc6c(c5)C(=O)N(C5CCC(=O)NC5=O)C6=O)CC4)c(OC)c3)cn(C)c(=O)c2C1. The maximum atomic E-state index is 13.4. The lowest BCUT2D eigenvalue weighted by Gasteiger charge is -2.37. The van der Waals surface area contributed by atoms with Crippen LogP contribution < -0.4 is 30.6 Å². The van der Waals surface area contributed by atoms with Gasteiger partial charge in [0.25, 0.3) is 17.4 Å². The highest BCUT2D eigenvalue weighted by Gasteiger charge is 2.47. The number of benzene rings is 2. The fraction of sp³-hybridized carbons (Fsp3) is 0.511. The average Bonchev–Trinajstić information content (AvgIpc) is 3.95. The van der Waals surface area contributed by atoms with E-state index >= 15 is 0 Å². The Morgan fingerprint density at radius 2 is 1.59 bits per heavy atom. The number of likely N-dealkylation sites (tertiary alicyclic amines) is 2. The summed E-state index contributed by atoms with van der Waals surface area (Å²) in [5.41, 5.74) is 5.90. The van der Waals surface area contributed by atoms with E-state index in [1.165, 1.54) is 0 Å². The molecule has 7 heterocycles. The molecule has 6 aliphatic heterocycles. The van der Waals surface area contributed by atoms with E-state index in [0.717, 1.165) is 103 Å². The van der Waals surface area contributed by atoms with Crippen LogP contribution in [0.25, 0.3) is 11.1 Å². The Morgan fingerprint density at radius 3 is 2.26 bits per heavy atom.